The van der Waals surface area contributed by atoms with Crippen LogP contribution in [-0.2, 0) is 7.05 Å². The molecule has 0 aliphatic carbocycles. The van der Waals surface area contributed by atoms with Crippen LogP contribution in [-0.4, -0.2) is 9.78 Å². The number of nitrogens with zero attached hydrogens (tertiary/aromatic N) is 2. The third kappa shape index (κ3) is 1.74. The van der Waals surface area contributed by atoms with E-state index in [1.165, 1.54) is 12.1 Å². The van der Waals surface area contributed by atoms with E-state index in [1.54, 1.807) is 23.9 Å². The van der Waals surface area contributed by atoms with Gasteiger partial charge in [-0.25, -0.2) is 4.39 Å². The number of hydrogen-bond acceptors (Lipinski definition) is 2. The third-order valence-corrected chi connectivity index (χ3v) is 2.93. The van der Waals surface area contributed by atoms with Gasteiger partial charge in [0.1, 0.15) is 17.3 Å². The first-order valence-electron chi connectivity index (χ1n) is 4.33. The molecule has 1 aromatic heterocycles. The number of rotatable bonds is 1. The van der Waals surface area contributed by atoms with Crippen LogP contribution < -0.4 is 5.73 Å². The van der Waals surface area contributed by atoms with Crippen LogP contribution >= 0.6 is 15.9 Å². The summed E-state index contributed by atoms with van der Waals surface area (Å²) in [5, 5.41) is 4.23. The summed E-state index contributed by atoms with van der Waals surface area (Å²) in [5.74, 6) is 0.285. The number of benzene rings is 1. The van der Waals surface area contributed by atoms with Crippen molar-refractivity contribution in [3.63, 3.8) is 0 Å². The van der Waals surface area contributed by atoms with Crippen molar-refractivity contribution in [1.82, 2.24) is 9.78 Å². The van der Waals surface area contributed by atoms with Crippen LogP contribution in [0.3, 0.4) is 0 Å². The van der Waals surface area contributed by atoms with E-state index in [1.807, 2.05) is 0 Å². The highest BCUT2D eigenvalue weighted by Gasteiger charge is 2.12. The molecular weight excluding hydrogens is 261 g/mol. The first-order valence-corrected chi connectivity index (χ1v) is 5.13. The second-order valence-electron chi connectivity index (χ2n) is 3.18. The Labute approximate surface area is 94.8 Å². The van der Waals surface area contributed by atoms with E-state index in [-0.39, 0.29) is 5.82 Å². The molecule has 2 rings (SSSR count). The summed E-state index contributed by atoms with van der Waals surface area (Å²) in [6.07, 6.45) is 0. The maximum atomic E-state index is 12.7. The highest BCUT2D eigenvalue weighted by atomic mass is 79.9. The molecule has 15 heavy (non-hydrogen) atoms. The van der Waals surface area contributed by atoms with E-state index in [9.17, 15) is 4.39 Å². The van der Waals surface area contributed by atoms with Crippen molar-refractivity contribution < 1.29 is 4.39 Å². The summed E-state index contributed by atoms with van der Waals surface area (Å²) >= 11 is 3.35. The molecule has 0 aliphatic heterocycles. The molecule has 0 saturated carbocycles. The second-order valence-corrected chi connectivity index (χ2v) is 3.97. The molecule has 0 unspecified atom stereocenters. The van der Waals surface area contributed by atoms with E-state index >= 15 is 0 Å². The molecular formula is C10H9BrFN3. The maximum Gasteiger partial charge on any atom is 0.136 e. The van der Waals surface area contributed by atoms with Crippen LogP contribution in [0.4, 0.5) is 10.2 Å². The van der Waals surface area contributed by atoms with Gasteiger partial charge in [0, 0.05) is 12.6 Å². The smallest absolute Gasteiger partial charge is 0.136 e. The minimum atomic E-state index is -0.265. The van der Waals surface area contributed by atoms with Crippen LogP contribution in [0.2, 0.25) is 0 Å². The van der Waals surface area contributed by atoms with Gasteiger partial charge in [-0.05, 0) is 40.2 Å². The second kappa shape index (κ2) is 3.66. The van der Waals surface area contributed by atoms with Gasteiger partial charge in [0.15, 0.2) is 0 Å². The Morgan fingerprint density at radius 1 is 1.33 bits per heavy atom. The minimum absolute atomic E-state index is 0.265. The fourth-order valence-electron chi connectivity index (χ4n) is 1.30. The van der Waals surface area contributed by atoms with Gasteiger partial charge < -0.3 is 5.73 Å². The molecule has 1 heterocycles. The molecule has 0 bridgehead atoms. The summed E-state index contributed by atoms with van der Waals surface area (Å²) in [6, 6.07) is 6.13. The molecule has 2 aromatic rings. The average Bonchev–Trinajstić information content (AvgIpc) is 2.47. The zero-order chi connectivity index (χ0) is 11.0. The van der Waals surface area contributed by atoms with Gasteiger partial charge in [0.25, 0.3) is 0 Å². The summed E-state index contributed by atoms with van der Waals surface area (Å²) in [5.41, 5.74) is 7.30. The van der Waals surface area contributed by atoms with E-state index in [0.717, 1.165) is 15.7 Å². The lowest BCUT2D eigenvalue weighted by molar-refractivity contribution is 0.628. The number of aromatic nitrogens is 2. The summed E-state index contributed by atoms with van der Waals surface area (Å²) in [4.78, 5) is 0. The van der Waals surface area contributed by atoms with Crippen molar-refractivity contribution in [1.29, 1.82) is 0 Å². The molecule has 5 heteroatoms. The van der Waals surface area contributed by atoms with E-state index in [0.29, 0.717) is 5.82 Å². The summed E-state index contributed by atoms with van der Waals surface area (Å²) in [6.45, 7) is 0. The van der Waals surface area contributed by atoms with Gasteiger partial charge in [0.05, 0.1) is 4.47 Å². The Kier molecular flexibility index (Phi) is 2.48. The zero-order valence-corrected chi connectivity index (χ0v) is 9.62. The van der Waals surface area contributed by atoms with Crippen LogP contribution in [0.15, 0.2) is 28.7 Å². The van der Waals surface area contributed by atoms with Crippen LogP contribution in [0, 0.1) is 5.82 Å². The maximum absolute atomic E-state index is 12.7. The first-order chi connectivity index (χ1) is 7.09. The predicted molar refractivity (Wildman–Crippen MR) is 60.7 cm³/mol. The molecule has 1 aromatic carbocycles. The van der Waals surface area contributed by atoms with Gasteiger partial charge >= 0.3 is 0 Å². The molecule has 0 fully saturated rings. The van der Waals surface area contributed by atoms with Crippen LogP contribution in [0.1, 0.15) is 0 Å². The van der Waals surface area contributed by atoms with Gasteiger partial charge in [-0.3, -0.25) is 4.68 Å². The van der Waals surface area contributed by atoms with Crippen LogP contribution in [0.25, 0.3) is 11.3 Å². The van der Waals surface area contributed by atoms with Crippen molar-refractivity contribution in [2.24, 2.45) is 7.05 Å². The Bertz CT molecular complexity index is 490. The summed E-state index contributed by atoms with van der Waals surface area (Å²) in [7, 11) is 1.76. The summed E-state index contributed by atoms with van der Waals surface area (Å²) < 4.78 is 15.0. The normalized spacial score (nSPS) is 10.6. The van der Waals surface area contributed by atoms with E-state index in [4.69, 9.17) is 5.73 Å². The molecule has 78 valence electrons. The lowest BCUT2D eigenvalue weighted by Crippen LogP contribution is -1.97. The minimum Gasteiger partial charge on any atom is -0.383 e. The fourth-order valence-corrected chi connectivity index (χ4v) is 1.87. The van der Waals surface area contributed by atoms with Crippen molar-refractivity contribution >= 4 is 21.7 Å². The Balaban J connectivity index is 2.54. The first kappa shape index (κ1) is 10.2. The highest BCUT2D eigenvalue weighted by Crippen LogP contribution is 2.31. The quantitative estimate of drug-likeness (QED) is 0.865. The lowest BCUT2D eigenvalue weighted by atomic mass is 10.1. The molecule has 0 atom stereocenters. The number of halogens is 2. The molecule has 0 spiro atoms. The molecule has 0 aliphatic rings. The van der Waals surface area contributed by atoms with Crippen LogP contribution in [0.5, 0.6) is 0 Å². The Morgan fingerprint density at radius 2 is 1.93 bits per heavy atom. The van der Waals surface area contributed by atoms with E-state index < -0.39 is 0 Å². The number of hydrogen-bond donors (Lipinski definition) is 1. The van der Waals surface area contributed by atoms with Crippen molar-refractivity contribution in [2.75, 3.05) is 5.73 Å². The standard InChI is InChI=1S/C10H9BrFN3/c1-15-10(13)8(11)9(14-15)6-2-4-7(12)5-3-6/h2-5H,13H2,1H3. The van der Waals surface area contributed by atoms with Gasteiger partial charge in [0.2, 0.25) is 0 Å². The van der Waals surface area contributed by atoms with Gasteiger partial charge in [-0.15, -0.1) is 0 Å². The molecule has 0 saturated heterocycles. The number of nitrogen functional groups attached to an aromatic ring is 1. The number of nitrogens with two attached hydrogens (primary N) is 1. The fraction of sp³-hybridized carbons (Fsp3) is 0.100. The molecule has 3 nitrogen and oxygen atoms in total. The topological polar surface area (TPSA) is 43.8 Å². The SMILES string of the molecule is Cn1nc(-c2ccc(F)cc2)c(Br)c1N. The predicted octanol–water partition coefficient (Wildman–Crippen LogP) is 2.57. The third-order valence-electron chi connectivity index (χ3n) is 2.15. The van der Waals surface area contributed by atoms with Gasteiger partial charge in [-0.1, -0.05) is 0 Å². The Morgan fingerprint density at radius 3 is 2.40 bits per heavy atom. The van der Waals surface area contributed by atoms with E-state index in [2.05, 4.69) is 21.0 Å². The monoisotopic (exact) mass is 269 g/mol. The number of aryl methyl sites for hydroxylation is 1. The number of anilines is 1. The highest BCUT2D eigenvalue weighted by molar-refractivity contribution is 9.10. The molecule has 0 amide bonds. The molecule has 2 N–H and O–H groups in total. The van der Waals surface area contributed by atoms with Crippen molar-refractivity contribution in [3.8, 4) is 11.3 Å². The zero-order valence-electron chi connectivity index (χ0n) is 8.04. The van der Waals surface area contributed by atoms with Crippen molar-refractivity contribution in [3.05, 3.63) is 34.6 Å². The largest absolute Gasteiger partial charge is 0.383 e. The van der Waals surface area contributed by atoms with Gasteiger partial charge in [-0.2, -0.15) is 5.10 Å². The average molecular weight is 270 g/mol. The lowest BCUT2D eigenvalue weighted by Gasteiger charge is -1.96. The molecule has 0 radical (unpaired) electrons. The van der Waals surface area contributed by atoms with Crippen molar-refractivity contribution in [2.45, 2.75) is 0 Å². The Hall–Kier alpha value is -1.36.